The first-order chi connectivity index (χ1) is 9.20. The quantitative estimate of drug-likeness (QED) is 0.723. The van der Waals surface area contributed by atoms with Crippen molar-refractivity contribution in [2.24, 2.45) is 5.92 Å². The zero-order chi connectivity index (χ0) is 13.7. The Labute approximate surface area is 118 Å². The van der Waals surface area contributed by atoms with Gasteiger partial charge in [-0.15, -0.1) is 0 Å². The predicted molar refractivity (Wildman–Crippen MR) is 83.7 cm³/mol. The third kappa shape index (κ3) is 4.07. The molecule has 0 radical (unpaired) electrons. The smallest absolute Gasteiger partial charge is 0.00730 e. The van der Waals surface area contributed by atoms with Crippen LogP contribution in [-0.2, 0) is 6.42 Å². The third-order valence-corrected chi connectivity index (χ3v) is 4.31. The molecule has 106 valence electrons. The van der Waals surface area contributed by atoms with Gasteiger partial charge in [0.1, 0.15) is 0 Å². The second kappa shape index (κ2) is 7.09. The van der Waals surface area contributed by atoms with Crippen molar-refractivity contribution in [1.82, 2.24) is 5.32 Å². The first-order valence-electron chi connectivity index (χ1n) is 8.01. The summed E-state index contributed by atoms with van der Waals surface area (Å²) in [4.78, 5) is 0. The highest BCUT2D eigenvalue weighted by molar-refractivity contribution is 5.39. The molecule has 0 heterocycles. The number of hydrogen-bond donors (Lipinski definition) is 1. The summed E-state index contributed by atoms with van der Waals surface area (Å²) in [5.74, 6) is 1.62. The molecule has 0 aliphatic heterocycles. The van der Waals surface area contributed by atoms with Gasteiger partial charge < -0.3 is 5.32 Å². The summed E-state index contributed by atoms with van der Waals surface area (Å²) >= 11 is 0. The van der Waals surface area contributed by atoms with Gasteiger partial charge in [0.05, 0.1) is 0 Å². The number of rotatable bonds is 8. The Hall–Kier alpha value is -0.820. The van der Waals surface area contributed by atoms with Crippen LogP contribution in [0.3, 0.4) is 0 Å². The predicted octanol–water partition coefficient (Wildman–Crippen LogP) is 4.52. The van der Waals surface area contributed by atoms with Crippen LogP contribution in [0.4, 0.5) is 0 Å². The summed E-state index contributed by atoms with van der Waals surface area (Å²) in [7, 11) is 0. The summed E-state index contributed by atoms with van der Waals surface area (Å²) in [6, 6.07) is 9.67. The minimum Gasteiger partial charge on any atom is -0.314 e. The largest absolute Gasteiger partial charge is 0.314 e. The summed E-state index contributed by atoms with van der Waals surface area (Å²) in [5, 5.41) is 3.75. The van der Waals surface area contributed by atoms with E-state index in [1.807, 2.05) is 0 Å². The van der Waals surface area contributed by atoms with Crippen LogP contribution in [0.1, 0.15) is 63.5 Å². The number of nitrogens with one attached hydrogen (secondary N) is 1. The van der Waals surface area contributed by atoms with E-state index in [4.69, 9.17) is 0 Å². The van der Waals surface area contributed by atoms with E-state index < -0.39 is 0 Å². The van der Waals surface area contributed by atoms with Crippen molar-refractivity contribution in [1.29, 1.82) is 0 Å². The fraction of sp³-hybridized carbons (Fsp3) is 0.667. The second-order valence-corrected chi connectivity index (χ2v) is 6.46. The number of hydrogen-bond acceptors (Lipinski definition) is 1. The number of fused-ring (bicyclic) bond motifs is 1. The lowest BCUT2D eigenvalue weighted by molar-refractivity contribution is 0.372. The molecule has 1 aromatic carbocycles. The van der Waals surface area contributed by atoms with E-state index in [0.717, 1.165) is 18.4 Å². The van der Waals surface area contributed by atoms with Crippen molar-refractivity contribution < 1.29 is 0 Å². The topological polar surface area (TPSA) is 12.0 Å². The molecule has 1 aliphatic rings. The first-order valence-corrected chi connectivity index (χ1v) is 8.01. The zero-order valence-electron chi connectivity index (χ0n) is 12.8. The Morgan fingerprint density at radius 2 is 2.00 bits per heavy atom. The molecule has 2 atom stereocenters. The molecule has 1 aliphatic carbocycles. The molecule has 0 saturated heterocycles. The fourth-order valence-corrected chi connectivity index (χ4v) is 3.10. The summed E-state index contributed by atoms with van der Waals surface area (Å²) in [5.41, 5.74) is 3.18. The Kier molecular flexibility index (Phi) is 5.45. The van der Waals surface area contributed by atoms with Crippen molar-refractivity contribution in [3.63, 3.8) is 0 Å². The maximum atomic E-state index is 3.75. The average Bonchev–Trinajstić information content (AvgIpc) is 2.38. The lowest BCUT2D eigenvalue weighted by Crippen LogP contribution is -2.34. The third-order valence-electron chi connectivity index (χ3n) is 4.31. The fourth-order valence-electron chi connectivity index (χ4n) is 3.10. The molecule has 0 bridgehead atoms. The van der Waals surface area contributed by atoms with Gasteiger partial charge in [-0.05, 0) is 61.6 Å². The molecule has 0 fully saturated rings. The molecule has 2 rings (SSSR count). The van der Waals surface area contributed by atoms with Gasteiger partial charge in [0.15, 0.2) is 0 Å². The molecule has 2 unspecified atom stereocenters. The summed E-state index contributed by atoms with van der Waals surface area (Å²) < 4.78 is 0. The summed E-state index contributed by atoms with van der Waals surface area (Å²) in [6.45, 7) is 8.08. The van der Waals surface area contributed by atoms with Crippen molar-refractivity contribution in [2.45, 2.75) is 64.8 Å². The van der Waals surface area contributed by atoms with E-state index in [-0.39, 0.29) is 0 Å². The van der Waals surface area contributed by atoms with Gasteiger partial charge in [-0.3, -0.25) is 0 Å². The number of benzene rings is 1. The SMILES string of the molecule is CCCNC(CCC(C)C)CC1Cc2ccccc21. The molecule has 1 heteroatoms. The van der Waals surface area contributed by atoms with Crippen LogP contribution in [0.25, 0.3) is 0 Å². The van der Waals surface area contributed by atoms with Gasteiger partial charge >= 0.3 is 0 Å². The van der Waals surface area contributed by atoms with Gasteiger partial charge in [0.2, 0.25) is 0 Å². The minimum absolute atomic E-state index is 0.709. The van der Waals surface area contributed by atoms with Crippen LogP contribution in [0.2, 0.25) is 0 Å². The molecular weight excluding hydrogens is 230 g/mol. The lowest BCUT2D eigenvalue weighted by Gasteiger charge is -2.33. The van der Waals surface area contributed by atoms with Crippen LogP contribution < -0.4 is 5.32 Å². The standard InChI is InChI=1S/C18H29N/c1-4-11-19-17(10-9-14(2)3)13-16-12-15-7-5-6-8-18(15)16/h5-8,14,16-17,19H,4,9-13H2,1-3H3. The van der Waals surface area contributed by atoms with Gasteiger partial charge in [0, 0.05) is 6.04 Å². The van der Waals surface area contributed by atoms with Crippen LogP contribution in [-0.4, -0.2) is 12.6 Å². The van der Waals surface area contributed by atoms with Gasteiger partial charge in [0.25, 0.3) is 0 Å². The molecule has 1 aromatic rings. The molecule has 0 spiro atoms. The van der Waals surface area contributed by atoms with E-state index in [1.165, 1.54) is 32.1 Å². The molecule has 19 heavy (non-hydrogen) atoms. The van der Waals surface area contributed by atoms with E-state index >= 15 is 0 Å². The maximum Gasteiger partial charge on any atom is 0.00730 e. The zero-order valence-corrected chi connectivity index (χ0v) is 12.8. The molecule has 0 amide bonds. The van der Waals surface area contributed by atoms with E-state index in [0.29, 0.717) is 6.04 Å². The summed E-state index contributed by atoms with van der Waals surface area (Å²) in [6.07, 6.45) is 6.53. The van der Waals surface area contributed by atoms with Gasteiger partial charge in [-0.2, -0.15) is 0 Å². The van der Waals surface area contributed by atoms with E-state index in [2.05, 4.69) is 50.4 Å². The van der Waals surface area contributed by atoms with E-state index in [1.54, 1.807) is 11.1 Å². The molecular formula is C18H29N. The minimum atomic E-state index is 0.709. The van der Waals surface area contributed by atoms with Crippen LogP contribution in [0.15, 0.2) is 24.3 Å². The molecule has 1 nitrogen and oxygen atoms in total. The van der Waals surface area contributed by atoms with Crippen LogP contribution in [0, 0.1) is 5.92 Å². The van der Waals surface area contributed by atoms with Crippen molar-refractivity contribution >= 4 is 0 Å². The van der Waals surface area contributed by atoms with Gasteiger partial charge in [-0.25, -0.2) is 0 Å². The normalized spacial score (nSPS) is 19.1. The lowest BCUT2D eigenvalue weighted by atomic mass is 9.74. The van der Waals surface area contributed by atoms with Crippen molar-refractivity contribution in [2.75, 3.05) is 6.54 Å². The second-order valence-electron chi connectivity index (χ2n) is 6.46. The Morgan fingerprint density at radius 1 is 1.21 bits per heavy atom. The van der Waals surface area contributed by atoms with Crippen LogP contribution in [0.5, 0.6) is 0 Å². The van der Waals surface area contributed by atoms with Crippen molar-refractivity contribution in [3.8, 4) is 0 Å². The molecule has 0 saturated carbocycles. The van der Waals surface area contributed by atoms with Crippen LogP contribution >= 0.6 is 0 Å². The maximum absolute atomic E-state index is 3.75. The van der Waals surface area contributed by atoms with E-state index in [9.17, 15) is 0 Å². The highest BCUT2D eigenvalue weighted by Gasteiger charge is 2.27. The van der Waals surface area contributed by atoms with Gasteiger partial charge in [-0.1, -0.05) is 45.0 Å². The molecule has 1 N–H and O–H groups in total. The highest BCUT2D eigenvalue weighted by atomic mass is 14.9. The first kappa shape index (κ1) is 14.6. The monoisotopic (exact) mass is 259 g/mol. The Balaban J connectivity index is 1.86. The van der Waals surface area contributed by atoms with Crippen molar-refractivity contribution in [3.05, 3.63) is 35.4 Å². The molecule has 0 aromatic heterocycles. The average molecular weight is 259 g/mol. The highest BCUT2D eigenvalue weighted by Crippen LogP contribution is 2.38. The Morgan fingerprint density at radius 3 is 2.68 bits per heavy atom. The Bertz CT molecular complexity index is 383.